The first-order chi connectivity index (χ1) is 10.5. The summed E-state index contributed by atoms with van der Waals surface area (Å²) in [5, 5.41) is 3.58. The molecule has 2 rings (SSSR count). The highest BCUT2D eigenvalue weighted by Gasteiger charge is 2.27. The van der Waals surface area contributed by atoms with E-state index in [-0.39, 0.29) is 11.7 Å². The van der Waals surface area contributed by atoms with Crippen LogP contribution in [0.4, 0.5) is 4.39 Å². The monoisotopic (exact) mass is 343 g/mol. The molecule has 1 aromatic rings. The fraction of sp³-hybridized carbons (Fsp3) is 0.588. The van der Waals surface area contributed by atoms with Crippen molar-refractivity contribution < 1.29 is 9.18 Å². The average Bonchev–Trinajstić information content (AvgIpc) is 2.46. The lowest BCUT2D eigenvalue weighted by molar-refractivity contribution is -0.119. The van der Waals surface area contributed by atoms with Gasteiger partial charge in [0.25, 0.3) is 0 Å². The molecular formula is C17H23ClFNOS. The zero-order chi connectivity index (χ0) is 16.1. The van der Waals surface area contributed by atoms with Crippen LogP contribution in [0.1, 0.15) is 38.7 Å². The minimum absolute atomic E-state index is 0.0779. The first-order valence-corrected chi connectivity index (χ1v) is 9.31. The maximum Gasteiger partial charge on any atom is 0.230 e. The van der Waals surface area contributed by atoms with Gasteiger partial charge in [-0.3, -0.25) is 4.79 Å². The highest BCUT2D eigenvalue weighted by Crippen LogP contribution is 2.29. The smallest absolute Gasteiger partial charge is 0.230 e. The Bertz CT molecular complexity index is 525. The van der Waals surface area contributed by atoms with E-state index in [2.05, 4.69) is 19.2 Å². The number of carbonyl (C=O) groups is 1. The van der Waals surface area contributed by atoms with Crippen LogP contribution in [0.15, 0.2) is 18.2 Å². The molecule has 1 amide bonds. The van der Waals surface area contributed by atoms with Crippen LogP contribution in [-0.2, 0) is 10.5 Å². The molecule has 1 N–H and O–H groups in total. The summed E-state index contributed by atoms with van der Waals surface area (Å²) in [5.74, 6) is 1.97. The van der Waals surface area contributed by atoms with Gasteiger partial charge in [-0.15, -0.1) is 11.8 Å². The van der Waals surface area contributed by atoms with Gasteiger partial charge in [-0.25, -0.2) is 4.39 Å². The molecule has 1 aliphatic rings. The number of amides is 1. The Kier molecular flexibility index (Phi) is 6.57. The van der Waals surface area contributed by atoms with Crippen LogP contribution in [0.3, 0.4) is 0 Å². The summed E-state index contributed by atoms with van der Waals surface area (Å²) in [6.07, 6.45) is 3.52. The Morgan fingerprint density at radius 2 is 2.18 bits per heavy atom. The summed E-state index contributed by atoms with van der Waals surface area (Å²) in [6, 6.07) is 4.68. The van der Waals surface area contributed by atoms with Gasteiger partial charge in [0.2, 0.25) is 5.91 Å². The maximum absolute atomic E-state index is 13.0. The molecule has 0 saturated heterocycles. The summed E-state index contributed by atoms with van der Waals surface area (Å²) >= 11 is 7.49. The van der Waals surface area contributed by atoms with Crippen LogP contribution in [0, 0.1) is 17.7 Å². The predicted octanol–water partition coefficient (Wildman–Crippen LogP) is 4.65. The van der Waals surface area contributed by atoms with Gasteiger partial charge in [0, 0.05) is 16.8 Å². The Labute approximate surface area is 141 Å². The second-order valence-electron chi connectivity index (χ2n) is 6.17. The van der Waals surface area contributed by atoms with E-state index in [1.54, 1.807) is 6.07 Å². The molecule has 1 fully saturated rings. The van der Waals surface area contributed by atoms with Crippen molar-refractivity contribution in [2.24, 2.45) is 11.8 Å². The summed E-state index contributed by atoms with van der Waals surface area (Å²) in [6.45, 7) is 4.48. The zero-order valence-electron chi connectivity index (χ0n) is 13.1. The fourth-order valence-electron chi connectivity index (χ4n) is 2.93. The summed E-state index contributed by atoms with van der Waals surface area (Å²) < 4.78 is 13.0. The molecule has 1 aliphatic carbocycles. The largest absolute Gasteiger partial charge is 0.352 e. The normalized spacial score (nSPS) is 25.0. The minimum Gasteiger partial charge on any atom is -0.352 e. The number of benzene rings is 1. The first-order valence-electron chi connectivity index (χ1n) is 7.78. The Morgan fingerprint density at radius 1 is 1.41 bits per heavy atom. The molecular weight excluding hydrogens is 321 g/mol. The second kappa shape index (κ2) is 8.21. The Balaban J connectivity index is 1.76. The van der Waals surface area contributed by atoms with E-state index < -0.39 is 0 Å². The molecule has 0 radical (unpaired) electrons. The number of halogens is 2. The van der Waals surface area contributed by atoms with Gasteiger partial charge in [0.15, 0.2) is 0 Å². The van der Waals surface area contributed by atoms with Gasteiger partial charge in [0.1, 0.15) is 5.82 Å². The van der Waals surface area contributed by atoms with E-state index >= 15 is 0 Å². The van der Waals surface area contributed by atoms with E-state index in [0.717, 1.165) is 12.0 Å². The van der Waals surface area contributed by atoms with Crippen LogP contribution >= 0.6 is 23.4 Å². The molecule has 0 bridgehead atoms. The number of hydrogen-bond acceptors (Lipinski definition) is 2. The van der Waals surface area contributed by atoms with Gasteiger partial charge in [0.05, 0.1) is 5.75 Å². The number of hydrogen-bond donors (Lipinski definition) is 1. The van der Waals surface area contributed by atoms with Crippen molar-refractivity contribution in [3.05, 3.63) is 34.6 Å². The average molecular weight is 344 g/mol. The van der Waals surface area contributed by atoms with Crippen molar-refractivity contribution in [3.63, 3.8) is 0 Å². The standard InChI is InChI=1S/C17H23ClFNOS/c1-11-4-3-5-16(12(11)2)20-17(21)10-22-9-13-6-7-14(19)8-15(13)18/h6-8,11-12,16H,3-5,9-10H2,1-2H3,(H,20,21)/t11-,12+,16+/m1/s1. The van der Waals surface area contributed by atoms with Crippen molar-refractivity contribution in [3.8, 4) is 0 Å². The van der Waals surface area contributed by atoms with Crippen molar-refractivity contribution in [1.82, 2.24) is 5.32 Å². The third-order valence-corrected chi connectivity index (χ3v) is 5.89. The molecule has 0 aromatic heterocycles. The number of nitrogens with one attached hydrogen (secondary N) is 1. The summed E-state index contributed by atoms with van der Waals surface area (Å²) in [7, 11) is 0. The first kappa shape index (κ1) is 17.6. The molecule has 0 spiro atoms. The van der Waals surface area contributed by atoms with E-state index in [1.165, 1.54) is 36.7 Å². The fourth-order valence-corrected chi connectivity index (χ4v) is 4.08. The highest BCUT2D eigenvalue weighted by atomic mass is 35.5. The van der Waals surface area contributed by atoms with Gasteiger partial charge >= 0.3 is 0 Å². The molecule has 0 heterocycles. The quantitative estimate of drug-likeness (QED) is 0.842. The predicted molar refractivity (Wildman–Crippen MR) is 91.7 cm³/mol. The minimum atomic E-state index is -0.336. The van der Waals surface area contributed by atoms with Crippen LogP contribution in [-0.4, -0.2) is 17.7 Å². The molecule has 5 heteroatoms. The van der Waals surface area contributed by atoms with Crippen molar-refractivity contribution in [1.29, 1.82) is 0 Å². The van der Waals surface area contributed by atoms with Gasteiger partial charge in [-0.05, 0) is 36.0 Å². The molecule has 0 unspecified atom stereocenters. The van der Waals surface area contributed by atoms with Gasteiger partial charge in [-0.2, -0.15) is 0 Å². The van der Waals surface area contributed by atoms with E-state index in [1.807, 2.05) is 0 Å². The SMILES string of the molecule is C[C@H]1[C@H](C)CCC[C@@H]1NC(=O)CSCc1ccc(F)cc1Cl. The molecule has 1 saturated carbocycles. The van der Waals surface area contributed by atoms with Crippen molar-refractivity contribution in [2.75, 3.05) is 5.75 Å². The lowest BCUT2D eigenvalue weighted by Crippen LogP contribution is -2.44. The maximum atomic E-state index is 13.0. The molecule has 2 nitrogen and oxygen atoms in total. The zero-order valence-corrected chi connectivity index (χ0v) is 14.6. The lowest BCUT2D eigenvalue weighted by atomic mass is 9.78. The van der Waals surface area contributed by atoms with Gasteiger partial charge < -0.3 is 5.32 Å². The molecule has 1 aromatic carbocycles. The number of carbonyl (C=O) groups excluding carboxylic acids is 1. The van der Waals surface area contributed by atoms with Crippen LogP contribution in [0.2, 0.25) is 5.02 Å². The molecule has 3 atom stereocenters. The lowest BCUT2D eigenvalue weighted by Gasteiger charge is -2.34. The molecule has 0 aliphatic heterocycles. The third-order valence-electron chi connectivity index (χ3n) is 4.56. The van der Waals surface area contributed by atoms with E-state index in [9.17, 15) is 9.18 Å². The Hall–Kier alpha value is -0.740. The third kappa shape index (κ3) is 4.88. The second-order valence-corrected chi connectivity index (χ2v) is 7.56. The van der Waals surface area contributed by atoms with E-state index in [0.29, 0.717) is 34.4 Å². The molecule has 22 heavy (non-hydrogen) atoms. The molecule has 122 valence electrons. The van der Waals surface area contributed by atoms with Crippen LogP contribution < -0.4 is 5.32 Å². The van der Waals surface area contributed by atoms with Crippen LogP contribution in [0.5, 0.6) is 0 Å². The van der Waals surface area contributed by atoms with E-state index in [4.69, 9.17) is 11.6 Å². The summed E-state index contributed by atoms with van der Waals surface area (Å²) in [5.41, 5.74) is 0.862. The van der Waals surface area contributed by atoms with Crippen molar-refractivity contribution in [2.45, 2.75) is 44.9 Å². The summed E-state index contributed by atoms with van der Waals surface area (Å²) in [4.78, 5) is 12.1. The van der Waals surface area contributed by atoms with Crippen molar-refractivity contribution >= 4 is 29.3 Å². The topological polar surface area (TPSA) is 29.1 Å². The van der Waals surface area contributed by atoms with Gasteiger partial charge in [-0.1, -0.05) is 44.4 Å². The van der Waals surface area contributed by atoms with Crippen LogP contribution in [0.25, 0.3) is 0 Å². The highest BCUT2D eigenvalue weighted by molar-refractivity contribution is 7.99. The Morgan fingerprint density at radius 3 is 2.91 bits per heavy atom. The number of rotatable bonds is 5. The number of thioether (sulfide) groups is 1.